The zero-order valence-electron chi connectivity index (χ0n) is 11.4. The van der Waals surface area contributed by atoms with E-state index in [4.69, 9.17) is 18.0 Å². The second-order valence-corrected chi connectivity index (χ2v) is 8.42. The highest BCUT2D eigenvalue weighted by molar-refractivity contribution is 7.89. The minimum Gasteiger partial charge on any atom is -0.389 e. The van der Waals surface area contributed by atoms with Crippen LogP contribution in [0.2, 0.25) is 0 Å². The van der Waals surface area contributed by atoms with Crippen LogP contribution in [0.5, 0.6) is 0 Å². The molecule has 0 unspecified atom stereocenters. The van der Waals surface area contributed by atoms with Gasteiger partial charge in [0.25, 0.3) is 0 Å². The van der Waals surface area contributed by atoms with Gasteiger partial charge in [-0.2, -0.15) is 0 Å². The van der Waals surface area contributed by atoms with Gasteiger partial charge < -0.3 is 5.73 Å². The summed E-state index contributed by atoms with van der Waals surface area (Å²) in [4.78, 5) is 0.125. The SMILES string of the molecule is CS(=O)(=O)NCCNS(=O)(=O)Cc1ccccc1C(N)=S. The Hall–Kier alpha value is -1.07. The van der Waals surface area contributed by atoms with Crippen molar-refractivity contribution in [1.82, 2.24) is 9.44 Å². The van der Waals surface area contributed by atoms with Gasteiger partial charge in [-0.3, -0.25) is 0 Å². The molecular weight excluding hydrogens is 334 g/mol. The molecule has 0 radical (unpaired) electrons. The van der Waals surface area contributed by atoms with Gasteiger partial charge in [-0.1, -0.05) is 36.5 Å². The lowest BCUT2D eigenvalue weighted by Gasteiger charge is -2.10. The van der Waals surface area contributed by atoms with Crippen LogP contribution in [0.15, 0.2) is 24.3 Å². The molecule has 1 aromatic carbocycles. The summed E-state index contributed by atoms with van der Waals surface area (Å²) >= 11 is 4.87. The molecule has 0 heterocycles. The monoisotopic (exact) mass is 351 g/mol. The van der Waals surface area contributed by atoms with Crippen LogP contribution >= 0.6 is 12.2 Å². The van der Waals surface area contributed by atoms with Crippen molar-refractivity contribution in [2.45, 2.75) is 5.75 Å². The van der Waals surface area contributed by atoms with E-state index in [1.54, 1.807) is 24.3 Å². The lowest BCUT2D eigenvalue weighted by molar-refractivity contribution is 0.572. The van der Waals surface area contributed by atoms with E-state index in [1.807, 2.05) is 0 Å². The third kappa shape index (κ3) is 6.96. The van der Waals surface area contributed by atoms with Crippen LogP contribution in [0.1, 0.15) is 11.1 Å². The molecule has 0 spiro atoms. The second kappa shape index (κ2) is 7.27. The molecule has 7 nitrogen and oxygen atoms in total. The third-order valence-electron chi connectivity index (χ3n) is 2.44. The summed E-state index contributed by atoms with van der Waals surface area (Å²) in [6.45, 7) is -0.0559. The molecule has 1 aromatic rings. The summed E-state index contributed by atoms with van der Waals surface area (Å²) in [7, 11) is -6.95. The molecule has 4 N–H and O–H groups in total. The number of rotatable bonds is 8. The molecule has 0 fully saturated rings. The van der Waals surface area contributed by atoms with Crippen LogP contribution < -0.4 is 15.2 Å². The summed E-state index contributed by atoms with van der Waals surface area (Å²) in [5.74, 6) is -0.278. The maximum atomic E-state index is 11.9. The molecule has 0 saturated carbocycles. The smallest absolute Gasteiger partial charge is 0.215 e. The van der Waals surface area contributed by atoms with Crippen LogP contribution in [0.4, 0.5) is 0 Å². The number of sulfonamides is 2. The van der Waals surface area contributed by atoms with Gasteiger partial charge in [-0.05, 0) is 5.56 Å². The Morgan fingerprint density at radius 2 is 1.71 bits per heavy atom. The Morgan fingerprint density at radius 3 is 2.29 bits per heavy atom. The van der Waals surface area contributed by atoms with Crippen molar-refractivity contribution in [1.29, 1.82) is 0 Å². The summed E-state index contributed by atoms with van der Waals surface area (Å²) in [5.41, 5.74) is 6.54. The predicted octanol–water partition coefficient (Wildman–Crippen LogP) is -0.711. The molecule has 0 bridgehead atoms. The van der Waals surface area contributed by atoms with Gasteiger partial charge in [0.1, 0.15) is 4.99 Å². The highest BCUT2D eigenvalue weighted by Gasteiger charge is 2.14. The Labute approximate surface area is 130 Å². The molecule has 10 heteroatoms. The van der Waals surface area contributed by atoms with Crippen molar-refractivity contribution < 1.29 is 16.8 Å². The van der Waals surface area contributed by atoms with Crippen molar-refractivity contribution in [3.63, 3.8) is 0 Å². The first kappa shape index (κ1) is 18.0. The normalized spacial score (nSPS) is 12.2. The lowest BCUT2D eigenvalue weighted by Crippen LogP contribution is -2.35. The van der Waals surface area contributed by atoms with Gasteiger partial charge in [0, 0.05) is 18.7 Å². The van der Waals surface area contributed by atoms with Gasteiger partial charge in [0.2, 0.25) is 20.0 Å². The predicted molar refractivity (Wildman–Crippen MR) is 85.8 cm³/mol. The largest absolute Gasteiger partial charge is 0.389 e. The van der Waals surface area contributed by atoms with Gasteiger partial charge in [-0.15, -0.1) is 0 Å². The molecule has 0 aliphatic carbocycles. The number of thiocarbonyl (C=S) groups is 1. The molecule has 0 amide bonds. The quantitative estimate of drug-likeness (QED) is 0.421. The molecule has 0 aromatic heterocycles. The number of benzene rings is 1. The summed E-state index contributed by atoms with van der Waals surface area (Å²) in [5, 5.41) is 0. The summed E-state index contributed by atoms with van der Waals surface area (Å²) in [6.07, 6.45) is 1.000. The molecule has 0 aliphatic rings. The number of hydrogen-bond donors (Lipinski definition) is 3. The molecule has 0 atom stereocenters. The van der Waals surface area contributed by atoms with E-state index in [0.717, 1.165) is 6.26 Å². The maximum Gasteiger partial charge on any atom is 0.215 e. The minimum absolute atomic E-state index is 0.0188. The van der Waals surface area contributed by atoms with E-state index in [1.165, 1.54) is 0 Å². The highest BCUT2D eigenvalue weighted by atomic mass is 32.2. The van der Waals surface area contributed by atoms with E-state index in [0.29, 0.717) is 11.1 Å². The number of nitrogens with two attached hydrogens (primary N) is 1. The zero-order chi connectivity index (χ0) is 16.1. The Kier molecular flexibility index (Phi) is 6.23. The summed E-state index contributed by atoms with van der Waals surface area (Å²) in [6, 6.07) is 6.69. The van der Waals surface area contributed by atoms with Crippen LogP contribution in [0, 0.1) is 0 Å². The molecular formula is C11H17N3O4S3. The van der Waals surface area contributed by atoms with Crippen LogP contribution in [-0.2, 0) is 25.8 Å². The van der Waals surface area contributed by atoms with Gasteiger partial charge >= 0.3 is 0 Å². The third-order valence-corrected chi connectivity index (χ3v) is 4.72. The maximum absolute atomic E-state index is 11.9. The van der Waals surface area contributed by atoms with E-state index >= 15 is 0 Å². The zero-order valence-corrected chi connectivity index (χ0v) is 13.8. The molecule has 0 aliphatic heterocycles. The molecule has 21 heavy (non-hydrogen) atoms. The van der Waals surface area contributed by atoms with Crippen molar-refractivity contribution in [2.24, 2.45) is 5.73 Å². The first-order valence-corrected chi connectivity index (χ1v) is 9.85. The molecule has 0 saturated heterocycles. The first-order chi connectivity index (χ1) is 9.61. The van der Waals surface area contributed by atoms with E-state index in [2.05, 4.69) is 9.44 Å². The van der Waals surface area contributed by atoms with Gasteiger partial charge in [0.15, 0.2) is 0 Å². The van der Waals surface area contributed by atoms with Crippen LogP contribution in [0.3, 0.4) is 0 Å². The van der Waals surface area contributed by atoms with E-state index in [-0.39, 0.29) is 23.8 Å². The molecule has 1 rings (SSSR count). The number of nitrogens with one attached hydrogen (secondary N) is 2. The summed E-state index contributed by atoms with van der Waals surface area (Å²) < 4.78 is 50.1. The van der Waals surface area contributed by atoms with E-state index < -0.39 is 20.0 Å². The van der Waals surface area contributed by atoms with Gasteiger partial charge in [-0.25, -0.2) is 26.3 Å². The fraction of sp³-hybridized carbons (Fsp3) is 0.364. The standard InChI is InChI=1S/C11H17N3O4S3/c1-20(15,16)13-6-7-14-21(17,18)8-9-4-2-3-5-10(9)11(12)19/h2-5,13-14H,6-8H2,1H3,(H2,12,19). The average molecular weight is 351 g/mol. The van der Waals surface area contributed by atoms with Crippen molar-refractivity contribution in [2.75, 3.05) is 19.3 Å². The van der Waals surface area contributed by atoms with Crippen molar-refractivity contribution >= 4 is 37.3 Å². The van der Waals surface area contributed by atoms with E-state index in [9.17, 15) is 16.8 Å². The Morgan fingerprint density at radius 1 is 1.14 bits per heavy atom. The topological polar surface area (TPSA) is 118 Å². The highest BCUT2D eigenvalue weighted by Crippen LogP contribution is 2.11. The van der Waals surface area contributed by atoms with Crippen molar-refractivity contribution in [3.05, 3.63) is 35.4 Å². The van der Waals surface area contributed by atoms with Crippen molar-refractivity contribution in [3.8, 4) is 0 Å². The fourth-order valence-electron chi connectivity index (χ4n) is 1.59. The lowest BCUT2D eigenvalue weighted by atomic mass is 10.1. The van der Waals surface area contributed by atoms with Crippen LogP contribution in [-0.4, -0.2) is 41.2 Å². The van der Waals surface area contributed by atoms with Gasteiger partial charge in [0.05, 0.1) is 12.0 Å². The fourth-order valence-corrected chi connectivity index (χ4v) is 3.43. The minimum atomic E-state index is -3.61. The van der Waals surface area contributed by atoms with Crippen LogP contribution in [0.25, 0.3) is 0 Å². The number of hydrogen-bond acceptors (Lipinski definition) is 5. The second-order valence-electron chi connectivity index (χ2n) is 4.34. The molecule has 118 valence electrons. The Balaban J connectivity index is 2.67. The first-order valence-electron chi connectivity index (χ1n) is 5.90. The average Bonchev–Trinajstić information content (AvgIpc) is 2.33. The Bertz CT molecular complexity index is 714.